The predicted molar refractivity (Wildman–Crippen MR) is 116 cm³/mol. The number of rotatable bonds is 6. The highest BCUT2D eigenvalue weighted by Crippen LogP contribution is 2.33. The molecule has 0 saturated heterocycles. The number of hydrogen-bond donors (Lipinski definition) is 2. The minimum absolute atomic E-state index is 0.0723. The normalized spacial score (nSPS) is 12.0. The Morgan fingerprint density at radius 2 is 1.90 bits per heavy atom. The van der Waals surface area contributed by atoms with E-state index in [0.29, 0.717) is 16.7 Å². The van der Waals surface area contributed by atoms with E-state index in [-0.39, 0.29) is 5.92 Å². The van der Waals surface area contributed by atoms with Gasteiger partial charge in [0.25, 0.3) is 0 Å². The second kappa shape index (κ2) is 9.08. The molecule has 156 valence electrons. The van der Waals surface area contributed by atoms with Gasteiger partial charge in [0.2, 0.25) is 5.91 Å². The fourth-order valence-corrected chi connectivity index (χ4v) is 4.12. The molecular formula is C21H24N6O2S. The Labute approximate surface area is 179 Å². The number of hydrogen-bond acceptors (Lipinski definition) is 6. The molecule has 3 aromatic rings. The molecule has 0 aliphatic rings. The van der Waals surface area contributed by atoms with Crippen LogP contribution < -0.4 is 11.1 Å². The zero-order valence-electron chi connectivity index (χ0n) is 17.3. The van der Waals surface area contributed by atoms with Crippen molar-refractivity contribution in [2.24, 2.45) is 11.7 Å². The van der Waals surface area contributed by atoms with Crippen molar-refractivity contribution in [1.29, 1.82) is 0 Å². The summed E-state index contributed by atoms with van der Waals surface area (Å²) in [4.78, 5) is 28.1. The number of pyridine rings is 1. The standard InChI is InChI=1S/C21H24N6O2S/c1-12(2)17(19(28)24-20(22)29)30-21-26-25-18(15-7-5-6-10-23-15)27(21)16-9-8-13(3)11-14(16)4/h5-12,17H,1-4H3,(H3,22,24,28,29). The maximum atomic E-state index is 12.5. The summed E-state index contributed by atoms with van der Waals surface area (Å²) in [5.41, 5.74) is 8.88. The lowest BCUT2D eigenvalue weighted by atomic mass is 10.1. The first-order valence-electron chi connectivity index (χ1n) is 9.49. The van der Waals surface area contributed by atoms with E-state index in [1.807, 2.05) is 62.6 Å². The zero-order chi connectivity index (χ0) is 21.8. The molecule has 30 heavy (non-hydrogen) atoms. The molecule has 1 unspecified atom stereocenters. The van der Waals surface area contributed by atoms with Gasteiger partial charge < -0.3 is 5.73 Å². The SMILES string of the molecule is Cc1ccc(-n2c(SC(C(=O)NC(N)=O)C(C)C)nnc2-c2ccccn2)c(C)c1. The minimum Gasteiger partial charge on any atom is -0.351 e. The van der Waals surface area contributed by atoms with Crippen molar-refractivity contribution in [3.8, 4) is 17.2 Å². The average Bonchev–Trinajstić information content (AvgIpc) is 3.09. The third-order valence-electron chi connectivity index (χ3n) is 4.46. The number of benzene rings is 1. The van der Waals surface area contributed by atoms with Crippen LogP contribution in [0.5, 0.6) is 0 Å². The Kier molecular flexibility index (Phi) is 6.51. The number of nitrogens with two attached hydrogens (primary N) is 1. The molecule has 3 amide bonds. The summed E-state index contributed by atoms with van der Waals surface area (Å²) in [6.45, 7) is 7.84. The van der Waals surface area contributed by atoms with Crippen molar-refractivity contribution in [2.75, 3.05) is 0 Å². The van der Waals surface area contributed by atoms with Crippen LogP contribution in [0.15, 0.2) is 47.8 Å². The second-order valence-electron chi connectivity index (χ2n) is 7.28. The van der Waals surface area contributed by atoms with Gasteiger partial charge >= 0.3 is 6.03 Å². The van der Waals surface area contributed by atoms with Crippen molar-refractivity contribution in [3.05, 3.63) is 53.7 Å². The third-order valence-corrected chi connectivity index (χ3v) is 5.95. The van der Waals surface area contributed by atoms with Crippen LogP contribution in [0.4, 0.5) is 4.79 Å². The summed E-state index contributed by atoms with van der Waals surface area (Å²) in [6, 6.07) is 10.8. The van der Waals surface area contributed by atoms with E-state index in [1.54, 1.807) is 6.20 Å². The molecule has 1 aromatic carbocycles. The van der Waals surface area contributed by atoms with Gasteiger partial charge in [-0.2, -0.15) is 0 Å². The summed E-state index contributed by atoms with van der Waals surface area (Å²) < 4.78 is 1.90. The first kappa shape index (κ1) is 21.5. The quantitative estimate of drug-likeness (QED) is 0.587. The van der Waals surface area contributed by atoms with Gasteiger partial charge in [-0.15, -0.1) is 10.2 Å². The Morgan fingerprint density at radius 3 is 2.50 bits per heavy atom. The molecule has 2 heterocycles. The molecule has 0 saturated carbocycles. The van der Waals surface area contributed by atoms with Crippen LogP contribution in [0.2, 0.25) is 0 Å². The summed E-state index contributed by atoms with van der Waals surface area (Å²) in [5, 5.41) is 10.8. The van der Waals surface area contributed by atoms with Crippen molar-refractivity contribution >= 4 is 23.7 Å². The number of primary amides is 1. The van der Waals surface area contributed by atoms with Crippen LogP contribution in [0.3, 0.4) is 0 Å². The van der Waals surface area contributed by atoms with Crippen LogP contribution in [-0.4, -0.2) is 36.9 Å². The summed E-state index contributed by atoms with van der Waals surface area (Å²) in [7, 11) is 0. The van der Waals surface area contributed by atoms with Crippen molar-refractivity contribution in [3.63, 3.8) is 0 Å². The van der Waals surface area contributed by atoms with Crippen LogP contribution in [0, 0.1) is 19.8 Å². The van der Waals surface area contributed by atoms with Gasteiger partial charge in [-0.05, 0) is 43.5 Å². The number of urea groups is 1. The number of nitrogens with one attached hydrogen (secondary N) is 1. The molecule has 9 heteroatoms. The van der Waals surface area contributed by atoms with E-state index in [4.69, 9.17) is 5.73 Å². The van der Waals surface area contributed by atoms with Gasteiger partial charge in [-0.3, -0.25) is 19.7 Å². The summed E-state index contributed by atoms with van der Waals surface area (Å²) in [5.74, 6) is 0.0387. The third kappa shape index (κ3) is 4.68. The Bertz CT molecular complexity index is 1060. The predicted octanol–water partition coefficient (Wildman–Crippen LogP) is 3.26. The smallest absolute Gasteiger partial charge is 0.318 e. The van der Waals surface area contributed by atoms with Crippen LogP contribution in [0.1, 0.15) is 25.0 Å². The lowest BCUT2D eigenvalue weighted by Gasteiger charge is -2.19. The fraction of sp³-hybridized carbons (Fsp3) is 0.286. The minimum atomic E-state index is -0.878. The highest BCUT2D eigenvalue weighted by molar-refractivity contribution is 8.00. The van der Waals surface area contributed by atoms with Gasteiger partial charge in [0, 0.05) is 6.20 Å². The summed E-state index contributed by atoms with van der Waals surface area (Å²) in [6.07, 6.45) is 1.69. The number of aromatic nitrogens is 4. The number of imide groups is 1. The van der Waals surface area contributed by atoms with Crippen LogP contribution >= 0.6 is 11.8 Å². The van der Waals surface area contributed by atoms with Gasteiger partial charge in [0.1, 0.15) is 5.69 Å². The van der Waals surface area contributed by atoms with Gasteiger partial charge in [-0.1, -0.05) is 49.4 Å². The molecule has 0 spiro atoms. The molecule has 2 aromatic heterocycles. The van der Waals surface area contributed by atoms with E-state index >= 15 is 0 Å². The number of carbonyl (C=O) groups is 2. The topological polar surface area (TPSA) is 116 Å². The van der Waals surface area contributed by atoms with Crippen molar-refractivity contribution in [1.82, 2.24) is 25.1 Å². The molecule has 3 N–H and O–H groups in total. The highest BCUT2D eigenvalue weighted by atomic mass is 32.2. The molecular weight excluding hydrogens is 400 g/mol. The monoisotopic (exact) mass is 424 g/mol. The maximum Gasteiger partial charge on any atom is 0.318 e. The average molecular weight is 425 g/mol. The Hall–Kier alpha value is -3.20. The number of amides is 3. The van der Waals surface area contributed by atoms with E-state index in [1.165, 1.54) is 11.8 Å². The van der Waals surface area contributed by atoms with Crippen LogP contribution in [-0.2, 0) is 4.79 Å². The first-order chi connectivity index (χ1) is 14.3. The number of thioether (sulfide) groups is 1. The molecule has 0 aliphatic heterocycles. The lowest BCUT2D eigenvalue weighted by molar-refractivity contribution is -0.120. The Balaban J connectivity index is 2.12. The molecule has 0 aliphatic carbocycles. The zero-order valence-corrected chi connectivity index (χ0v) is 18.1. The van der Waals surface area contributed by atoms with E-state index in [2.05, 4.69) is 26.6 Å². The number of carbonyl (C=O) groups excluding carboxylic acids is 2. The van der Waals surface area contributed by atoms with Gasteiger partial charge in [0.15, 0.2) is 11.0 Å². The molecule has 1 atom stereocenters. The first-order valence-corrected chi connectivity index (χ1v) is 10.4. The molecule has 0 radical (unpaired) electrons. The molecule has 3 rings (SSSR count). The van der Waals surface area contributed by atoms with Crippen molar-refractivity contribution < 1.29 is 9.59 Å². The van der Waals surface area contributed by atoms with Crippen LogP contribution in [0.25, 0.3) is 17.2 Å². The van der Waals surface area contributed by atoms with Gasteiger partial charge in [0.05, 0.1) is 10.9 Å². The number of nitrogens with zero attached hydrogens (tertiary/aromatic N) is 4. The van der Waals surface area contributed by atoms with E-state index in [0.717, 1.165) is 16.8 Å². The lowest BCUT2D eigenvalue weighted by Crippen LogP contribution is -2.42. The molecule has 8 nitrogen and oxygen atoms in total. The van der Waals surface area contributed by atoms with E-state index in [9.17, 15) is 9.59 Å². The summed E-state index contributed by atoms with van der Waals surface area (Å²) >= 11 is 1.24. The second-order valence-corrected chi connectivity index (χ2v) is 8.39. The van der Waals surface area contributed by atoms with Gasteiger partial charge in [-0.25, -0.2) is 4.79 Å². The largest absolute Gasteiger partial charge is 0.351 e. The van der Waals surface area contributed by atoms with Crippen molar-refractivity contribution in [2.45, 2.75) is 38.1 Å². The molecule has 0 bridgehead atoms. The fourth-order valence-electron chi connectivity index (χ4n) is 3.08. The highest BCUT2D eigenvalue weighted by Gasteiger charge is 2.28. The molecule has 0 fully saturated rings. The Morgan fingerprint density at radius 1 is 1.13 bits per heavy atom. The number of aryl methyl sites for hydroxylation is 2. The van der Waals surface area contributed by atoms with E-state index < -0.39 is 17.2 Å². The maximum absolute atomic E-state index is 12.5.